The van der Waals surface area contributed by atoms with Crippen molar-refractivity contribution in [3.05, 3.63) is 42.6 Å². The summed E-state index contributed by atoms with van der Waals surface area (Å²) in [6.07, 6.45) is 10.9. The van der Waals surface area contributed by atoms with Gasteiger partial charge in [0.2, 0.25) is 0 Å². The Balaban J connectivity index is 3.29. The first-order valence-electron chi connectivity index (χ1n) is 3.76. The predicted molar refractivity (Wildman–Crippen MR) is 57.4 cm³/mol. The summed E-state index contributed by atoms with van der Waals surface area (Å²) in [6.45, 7) is 3.70. The molecule has 0 amide bonds. The van der Waals surface area contributed by atoms with Gasteiger partial charge in [0.05, 0.1) is 0 Å². The molecule has 0 N–H and O–H groups in total. The standard InChI is InChI=1S/C12H8Si/c1-4-13(5-2,6-3)12-10-8-7-9-11-12/h1-2,6,8,10-11H,3H2. The highest BCUT2D eigenvalue weighted by atomic mass is 28.3. The van der Waals surface area contributed by atoms with Crippen molar-refractivity contribution in [1.82, 2.24) is 0 Å². The van der Waals surface area contributed by atoms with Crippen LogP contribution in [0, 0.1) is 36.1 Å². The van der Waals surface area contributed by atoms with Crippen LogP contribution in [-0.2, 0) is 0 Å². The smallest absolute Gasteiger partial charge is 0.125 e. The summed E-state index contributed by atoms with van der Waals surface area (Å²) < 4.78 is 0. The fourth-order valence-electron chi connectivity index (χ4n) is 1.04. The Labute approximate surface area is 80.3 Å². The first-order chi connectivity index (χ1) is 6.29. The highest BCUT2D eigenvalue weighted by Gasteiger charge is 2.27. The molecule has 0 aliphatic rings. The molecule has 0 radical (unpaired) electrons. The number of hydrogen-bond acceptors (Lipinski definition) is 0. The molecule has 0 saturated carbocycles. The van der Waals surface area contributed by atoms with Crippen molar-refractivity contribution in [2.45, 2.75) is 0 Å². The minimum absolute atomic E-state index is 0.964. The van der Waals surface area contributed by atoms with Crippen LogP contribution in [0.5, 0.6) is 0 Å². The van der Waals surface area contributed by atoms with Gasteiger partial charge < -0.3 is 0 Å². The summed E-state index contributed by atoms with van der Waals surface area (Å²) in [7, 11) is -2.33. The van der Waals surface area contributed by atoms with Crippen LogP contribution in [0.2, 0.25) is 0 Å². The van der Waals surface area contributed by atoms with Gasteiger partial charge in [0.15, 0.2) is 0 Å². The zero-order valence-corrected chi connectivity index (χ0v) is 8.17. The van der Waals surface area contributed by atoms with E-state index in [0.29, 0.717) is 0 Å². The van der Waals surface area contributed by atoms with E-state index in [0.717, 1.165) is 5.19 Å². The van der Waals surface area contributed by atoms with E-state index in [-0.39, 0.29) is 0 Å². The number of rotatable bonds is 2. The first kappa shape index (κ1) is 9.21. The molecular weight excluding hydrogens is 172 g/mol. The minimum atomic E-state index is -2.33. The van der Waals surface area contributed by atoms with Gasteiger partial charge in [-0.05, 0) is 17.3 Å². The predicted octanol–water partition coefficient (Wildman–Crippen LogP) is 1.01. The van der Waals surface area contributed by atoms with E-state index in [1.54, 1.807) is 17.8 Å². The number of terminal acetylenes is 2. The maximum atomic E-state index is 5.43. The van der Waals surface area contributed by atoms with Gasteiger partial charge in [-0.3, -0.25) is 0 Å². The zero-order chi connectivity index (χ0) is 9.73. The van der Waals surface area contributed by atoms with Gasteiger partial charge in [-0.1, -0.05) is 23.9 Å². The second kappa shape index (κ2) is 3.68. The van der Waals surface area contributed by atoms with Crippen molar-refractivity contribution in [2.75, 3.05) is 0 Å². The monoisotopic (exact) mass is 180 g/mol. The summed E-state index contributed by atoms with van der Waals surface area (Å²) in [5.74, 6) is 0. The van der Waals surface area contributed by atoms with E-state index in [1.165, 1.54) is 0 Å². The highest BCUT2D eigenvalue weighted by Crippen LogP contribution is 2.00. The van der Waals surface area contributed by atoms with Gasteiger partial charge in [-0.15, -0.1) is 30.5 Å². The molecule has 60 valence electrons. The van der Waals surface area contributed by atoms with Gasteiger partial charge >= 0.3 is 0 Å². The third-order valence-electron chi connectivity index (χ3n) is 1.87. The minimum Gasteiger partial charge on any atom is -0.125 e. The molecular formula is C12H8Si. The lowest BCUT2D eigenvalue weighted by molar-refractivity contribution is 1.80. The van der Waals surface area contributed by atoms with Crippen LogP contribution in [-0.4, -0.2) is 8.07 Å². The van der Waals surface area contributed by atoms with Crippen molar-refractivity contribution >= 4 is 13.3 Å². The summed E-state index contributed by atoms with van der Waals surface area (Å²) in [4.78, 5) is 0. The van der Waals surface area contributed by atoms with Crippen LogP contribution >= 0.6 is 0 Å². The Kier molecular flexibility index (Phi) is 2.61. The second-order valence-electron chi connectivity index (χ2n) is 2.52. The van der Waals surface area contributed by atoms with Crippen molar-refractivity contribution in [1.29, 1.82) is 0 Å². The molecule has 0 atom stereocenters. The van der Waals surface area contributed by atoms with Crippen molar-refractivity contribution in [3.8, 4) is 23.9 Å². The molecule has 13 heavy (non-hydrogen) atoms. The van der Waals surface area contributed by atoms with Crippen LogP contribution in [0.4, 0.5) is 0 Å². The fourth-order valence-corrected chi connectivity index (χ4v) is 2.57. The van der Waals surface area contributed by atoms with Gasteiger partial charge in [0.1, 0.15) is 0 Å². The van der Waals surface area contributed by atoms with Crippen LogP contribution in [0.3, 0.4) is 0 Å². The number of hydrogen-bond donors (Lipinski definition) is 0. The van der Waals surface area contributed by atoms with Crippen LogP contribution in [0.1, 0.15) is 0 Å². The SMILES string of the molecule is C#C[Si](C#C)(C=C)c1cc#ccc1. The highest BCUT2D eigenvalue weighted by molar-refractivity contribution is 7.07. The van der Waals surface area contributed by atoms with Crippen LogP contribution in [0.25, 0.3) is 0 Å². The van der Waals surface area contributed by atoms with E-state index in [9.17, 15) is 0 Å². The summed E-state index contributed by atoms with van der Waals surface area (Å²) in [5, 5.41) is 0.964. The van der Waals surface area contributed by atoms with E-state index >= 15 is 0 Å². The average Bonchev–Trinajstić information content (AvgIpc) is 2.23. The zero-order valence-electron chi connectivity index (χ0n) is 7.17. The van der Waals surface area contributed by atoms with Crippen molar-refractivity contribution < 1.29 is 0 Å². The Morgan fingerprint density at radius 2 is 2.08 bits per heavy atom. The fraction of sp³-hybridized carbons (Fsp3) is 0. The lowest BCUT2D eigenvalue weighted by Gasteiger charge is -2.13. The molecule has 1 aromatic rings. The Bertz CT molecular complexity index is 362. The van der Waals surface area contributed by atoms with Gasteiger partial charge in [-0.2, -0.15) is 0 Å². The third kappa shape index (κ3) is 1.49. The van der Waals surface area contributed by atoms with E-state index in [1.807, 2.05) is 6.07 Å². The lowest BCUT2D eigenvalue weighted by atomic mass is 10.4. The van der Waals surface area contributed by atoms with E-state index in [2.05, 4.69) is 29.8 Å². The molecule has 1 aromatic carbocycles. The summed E-state index contributed by atoms with van der Waals surface area (Å²) in [5.41, 5.74) is 7.08. The van der Waals surface area contributed by atoms with Crippen LogP contribution < -0.4 is 5.19 Å². The Hall–Kier alpha value is -1.88. The maximum absolute atomic E-state index is 5.43. The van der Waals surface area contributed by atoms with Crippen LogP contribution in [0.15, 0.2) is 30.5 Å². The van der Waals surface area contributed by atoms with Gasteiger partial charge in [0, 0.05) is 0 Å². The summed E-state index contributed by atoms with van der Waals surface area (Å²) >= 11 is 0. The largest absolute Gasteiger partial charge is 0.268 e. The van der Waals surface area contributed by atoms with E-state index in [4.69, 9.17) is 12.8 Å². The molecule has 0 heterocycles. The Morgan fingerprint density at radius 1 is 1.38 bits per heavy atom. The molecule has 0 unspecified atom stereocenters. The van der Waals surface area contributed by atoms with Gasteiger partial charge in [0.25, 0.3) is 8.07 Å². The van der Waals surface area contributed by atoms with Crippen molar-refractivity contribution in [2.24, 2.45) is 0 Å². The molecule has 0 aliphatic heterocycles. The molecule has 0 aromatic heterocycles. The molecule has 1 heteroatoms. The quantitative estimate of drug-likeness (QED) is 0.471. The molecule has 0 bridgehead atoms. The lowest BCUT2D eigenvalue weighted by Crippen LogP contribution is -2.43. The molecule has 0 aliphatic carbocycles. The topological polar surface area (TPSA) is 0 Å². The maximum Gasteiger partial charge on any atom is 0.268 e. The van der Waals surface area contributed by atoms with Crippen molar-refractivity contribution in [3.63, 3.8) is 0 Å². The summed E-state index contributed by atoms with van der Waals surface area (Å²) in [6, 6.07) is 11.1. The molecule has 1 rings (SSSR count). The average molecular weight is 180 g/mol. The Morgan fingerprint density at radius 3 is 2.46 bits per heavy atom. The molecule has 0 fully saturated rings. The third-order valence-corrected chi connectivity index (χ3v) is 4.62. The van der Waals surface area contributed by atoms with E-state index < -0.39 is 8.07 Å². The first-order valence-corrected chi connectivity index (χ1v) is 5.84. The molecule has 0 saturated heterocycles. The second-order valence-corrected chi connectivity index (χ2v) is 5.70. The normalized spacial score (nSPS) is 9.08. The molecule has 0 spiro atoms. The van der Waals surface area contributed by atoms with Gasteiger partial charge in [-0.25, -0.2) is 0 Å². The molecule has 0 nitrogen and oxygen atoms in total.